The van der Waals surface area contributed by atoms with Gasteiger partial charge in [-0.2, -0.15) is 0 Å². The number of piperidine rings is 1. The normalized spacial score (nSPS) is 26.5. The van der Waals surface area contributed by atoms with E-state index in [0.717, 1.165) is 29.8 Å². The van der Waals surface area contributed by atoms with Gasteiger partial charge >= 0.3 is 0 Å². The molecule has 1 aromatic heterocycles. The molecule has 2 heterocycles. The molecule has 2 atom stereocenters. The number of ketones is 1. The number of carbonyl (C=O) groups excluding carboxylic acids is 1. The molecule has 1 aliphatic rings. The SMILES string of the molecule is Cc1sccc1C(=O)C1CCCNC1C. The summed E-state index contributed by atoms with van der Waals surface area (Å²) < 4.78 is 0. The minimum Gasteiger partial charge on any atom is -0.314 e. The molecular formula is C12H17NOS. The molecule has 2 unspecified atom stereocenters. The van der Waals surface area contributed by atoms with Crippen LogP contribution in [-0.2, 0) is 0 Å². The van der Waals surface area contributed by atoms with Gasteiger partial charge < -0.3 is 5.32 Å². The maximum absolute atomic E-state index is 12.3. The molecule has 0 aromatic carbocycles. The fourth-order valence-corrected chi connectivity index (χ4v) is 2.95. The second kappa shape index (κ2) is 4.45. The largest absolute Gasteiger partial charge is 0.314 e. The van der Waals surface area contributed by atoms with Gasteiger partial charge in [-0.15, -0.1) is 11.3 Å². The summed E-state index contributed by atoms with van der Waals surface area (Å²) in [6, 6.07) is 2.29. The van der Waals surface area contributed by atoms with Crippen LogP contribution in [0.3, 0.4) is 0 Å². The average molecular weight is 223 g/mol. The molecule has 0 saturated carbocycles. The smallest absolute Gasteiger partial charge is 0.168 e. The molecule has 1 N–H and O–H groups in total. The zero-order valence-corrected chi connectivity index (χ0v) is 10.1. The Morgan fingerprint density at radius 2 is 2.40 bits per heavy atom. The lowest BCUT2D eigenvalue weighted by molar-refractivity contribution is 0.0867. The van der Waals surface area contributed by atoms with E-state index < -0.39 is 0 Å². The third-order valence-electron chi connectivity index (χ3n) is 3.22. The van der Waals surface area contributed by atoms with Crippen LogP contribution >= 0.6 is 11.3 Å². The average Bonchev–Trinajstić information content (AvgIpc) is 2.64. The van der Waals surface area contributed by atoms with Crippen LogP contribution in [-0.4, -0.2) is 18.4 Å². The fraction of sp³-hybridized carbons (Fsp3) is 0.583. The minimum atomic E-state index is 0.173. The van der Waals surface area contributed by atoms with E-state index >= 15 is 0 Å². The standard InChI is InChI=1S/C12H17NOS/c1-8-10(4-3-6-13-8)12(14)11-5-7-15-9(11)2/h5,7-8,10,13H,3-4,6H2,1-2H3. The highest BCUT2D eigenvalue weighted by atomic mass is 32.1. The molecule has 1 fully saturated rings. The Bertz CT molecular complexity index is 358. The van der Waals surface area contributed by atoms with Crippen LogP contribution in [0.15, 0.2) is 11.4 Å². The predicted molar refractivity (Wildman–Crippen MR) is 63.6 cm³/mol. The Labute approximate surface area is 94.7 Å². The molecule has 1 aliphatic heterocycles. The number of carbonyl (C=O) groups is 1. The van der Waals surface area contributed by atoms with Crippen molar-refractivity contribution in [2.45, 2.75) is 32.7 Å². The van der Waals surface area contributed by atoms with Gasteiger partial charge in [0.05, 0.1) is 0 Å². The van der Waals surface area contributed by atoms with Gasteiger partial charge in [0.15, 0.2) is 5.78 Å². The van der Waals surface area contributed by atoms with Crippen LogP contribution in [0.25, 0.3) is 0 Å². The Kier molecular flexibility index (Phi) is 3.22. The first kappa shape index (κ1) is 10.8. The van der Waals surface area contributed by atoms with Gasteiger partial charge in [0.1, 0.15) is 0 Å². The summed E-state index contributed by atoms with van der Waals surface area (Å²) in [5, 5.41) is 5.38. The van der Waals surface area contributed by atoms with Gasteiger partial charge in [0.2, 0.25) is 0 Å². The first-order valence-electron chi connectivity index (χ1n) is 5.52. The van der Waals surface area contributed by atoms with Crippen molar-refractivity contribution in [3.05, 3.63) is 21.9 Å². The highest BCUT2D eigenvalue weighted by molar-refractivity contribution is 7.10. The van der Waals surface area contributed by atoms with Gasteiger partial charge in [-0.05, 0) is 44.7 Å². The van der Waals surface area contributed by atoms with Crippen LogP contribution in [0.1, 0.15) is 35.0 Å². The lowest BCUT2D eigenvalue weighted by atomic mass is 9.85. The molecule has 2 rings (SSSR count). The second-order valence-electron chi connectivity index (χ2n) is 4.25. The van der Waals surface area contributed by atoms with Crippen molar-refractivity contribution in [3.63, 3.8) is 0 Å². The summed E-state index contributed by atoms with van der Waals surface area (Å²) >= 11 is 1.66. The van der Waals surface area contributed by atoms with E-state index in [2.05, 4.69) is 12.2 Å². The van der Waals surface area contributed by atoms with Crippen molar-refractivity contribution in [2.75, 3.05) is 6.54 Å². The zero-order valence-electron chi connectivity index (χ0n) is 9.25. The highest BCUT2D eigenvalue weighted by Gasteiger charge is 2.29. The van der Waals surface area contributed by atoms with Crippen LogP contribution in [0.2, 0.25) is 0 Å². The maximum atomic E-state index is 12.3. The predicted octanol–water partition coefficient (Wildman–Crippen LogP) is 2.63. The number of nitrogens with one attached hydrogen (secondary N) is 1. The van der Waals surface area contributed by atoms with E-state index in [0.29, 0.717) is 11.8 Å². The van der Waals surface area contributed by atoms with Crippen molar-refractivity contribution in [2.24, 2.45) is 5.92 Å². The molecule has 1 saturated heterocycles. The van der Waals surface area contributed by atoms with Gasteiger partial charge in [-0.1, -0.05) is 0 Å². The third-order valence-corrected chi connectivity index (χ3v) is 4.07. The summed E-state index contributed by atoms with van der Waals surface area (Å²) in [6.07, 6.45) is 2.15. The maximum Gasteiger partial charge on any atom is 0.168 e. The quantitative estimate of drug-likeness (QED) is 0.781. The lowest BCUT2D eigenvalue weighted by Gasteiger charge is -2.28. The first-order valence-corrected chi connectivity index (χ1v) is 6.40. The lowest BCUT2D eigenvalue weighted by Crippen LogP contribution is -2.42. The van der Waals surface area contributed by atoms with Crippen LogP contribution < -0.4 is 5.32 Å². The Balaban J connectivity index is 2.17. The summed E-state index contributed by atoms with van der Waals surface area (Å²) in [7, 11) is 0. The van der Waals surface area contributed by atoms with Crippen molar-refractivity contribution < 1.29 is 4.79 Å². The van der Waals surface area contributed by atoms with Gasteiger partial charge in [0.25, 0.3) is 0 Å². The summed E-state index contributed by atoms with van der Waals surface area (Å²) in [5.41, 5.74) is 0.931. The number of thiophene rings is 1. The number of hydrogen-bond acceptors (Lipinski definition) is 3. The Hall–Kier alpha value is -0.670. The third kappa shape index (κ3) is 2.13. The van der Waals surface area contributed by atoms with Crippen molar-refractivity contribution in [1.29, 1.82) is 0 Å². The summed E-state index contributed by atoms with van der Waals surface area (Å²) in [4.78, 5) is 13.4. The Morgan fingerprint density at radius 1 is 1.60 bits per heavy atom. The van der Waals surface area contributed by atoms with E-state index in [1.807, 2.05) is 18.4 Å². The summed E-state index contributed by atoms with van der Waals surface area (Å²) in [6.45, 7) is 5.19. The zero-order chi connectivity index (χ0) is 10.8. The van der Waals surface area contributed by atoms with E-state index in [1.165, 1.54) is 0 Å². The number of Topliss-reactive ketones (excluding diaryl/α,β-unsaturated/α-hetero) is 1. The summed E-state index contributed by atoms with van der Waals surface area (Å²) in [5.74, 6) is 0.500. The molecule has 0 spiro atoms. The van der Waals surface area contributed by atoms with Gasteiger partial charge in [-0.25, -0.2) is 0 Å². The molecule has 0 radical (unpaired) electrons. The fourth-order valence-electron chi connectivity index (χ4n) is 2.24. The molecular weight excluding hydrogens is 206 g/mol. The van der Waals surface area contributed by atoms with E-state index in [9.17, 15) is 4.79 Å². The van der Waals surface area contributed by atoms with Crippen LogP contribution in [0, 0.1) is 12.8 Å². The van der Waals surface area contributed by atoms with Gasteiger partial charge in [-0.3, -0.25) is 4.79 Å². The molecule has 15 heavy (non-hydrogen) atoms. The van der Waals surface area contributed by atoms with E-state index in [-0.39, 0.29) is 5.92 Å². The van der Waals surface area contributed by atoms with E-state index in [1.54, 1.807) is 11.3 Å². The minimum absolute atomic E-state index is 0.173. The monoisotopic (exact) mass is 223 g/mol. The molecule has 0 bridgehead atoms. The van der Waals surface area contributed by atoms with Crippen molar-refractivity contribution in [1.82, 2.24) is 5.32 Å². The van der Waals surface area contributed by atoms with Crippen LogP contribution in [0.5, 0.6) is 0 Å². The number of rotatable bonds is 2. The van der Waals surface area contributed by atoms with E-state index in [4.69, 9.17) is 0 Å². The molecule has 82 valence electrons. The topological polar surface area (TPSA) is 29.1 Å². The molecule has 2 nitrogen and oxygen atoms in total. The molecule has 0 amide bonds. The van der Waals surface area contributed by atoms with Crippen molar-refractivity contribution >= 4 is 17.1 Å². The van der Waals surface area contributed by atoms with Gasteiger partial charge in [0, 0.05) is 22.4 Å². The molecule has 1 aromatic rings. The number of aryl methyl sites for hydroxylation is 1. The molecule has 3 heteroatoms. The first-order chi connectivity index (χ1) is 7.20. The Morgan fingerprint density at radius 3 is 3.00 bits per heavy atom. The molecule has 0 aliphatic carbocycles. The number of hydrogen-bond donors (Lipinski definition) is 1. The second-order valence-corrected chi connectivity index (χ2v) is 5.37. The van der Waals surface area contributed by atoms with Crippen LogP contribution in [0.4, 0.5) is 0 Å². The van der Waals surface area contributed by atoms with Crippen molar-refractivity contribution in [3.8, 4) is 0 Å². The highest BCUT2D eigenvalue weighted by Crippen LogP contribution is 2.25.